The van der Waals surface area contributed by atoms with Crippen LogP contribution >= 0.6 is 11.6 Å². The lowest BCUT2D eigenvalue weighted by atomic mass is 9.84. The van der Waals surface area contributed by atoms with E-state index in [0.29, 0.717) is 17.3 Å². The van der Waals surface area contributed by atoms with Gasteiger partial charge in [0.1, 0.15) is 12.7 Å². The molecule has 43 heavy (non-hydrogen) atoms. The van der Waals surface area contributed by atoms with Crippen molar-refractivity contribution >= 4 is 85.7 Å². The SMILES string of the molecule is O=C1N=CN=C2N=CN=C12.O=S(=O)(O)C1Cc2ccc3c4c(ccc3c2=CC1Cc1c[nH]c2ccc(Cl)cc12)CC=CC=4. The summed E-state index contributed by atoms with van der Waals surface area (Å²) in [6, 6.07) is 14.0. The van der Waals surface area contributed by atoms with Crippen LogP contribution in [0.2, 0.25) is 5.02 Å². The Morgan fingerprint density at radius 1 is 0.953 bits per heavy atom. The maximum absolute atomic E-state index is 12.4. The Hall–Kier alpha value is -4.51. The Kier molecular flexibility index (Phi) is 6.76. The topological polar surface area (TPSA) is 137 Å². The maximum Gasteiger partial charge on any atom is 0.301 e. The van der Waals surface area contributed by atoms with E-state index < -0.39 is 15.4 Å². The van der Waals surface area contributed by atoms with Crippen LogP contribution in [0.5, 0.6) is 0 Å². The first kappa shape index (κ1) is 27.3. The summed E-state index contributed by atoms with van der Waals surface area (Å²) >= 11 is 6.22. The molecule has 2 atom stereocenters. The number of carbonyl (C=O) groups excluding carboxylic acids is 1. The number of halogens is 1. The zero-order valence-corrected chi connectivity index (χ0v) is 24.2. The number of hydrogen-bond donors (Lipinski definition) is 2. The fourth-order valence-corrected chi connectivity index (χ4v) is 7.31. The van der Waals surface area contributed by atoms with Crippen molar-refractivity contribution in [2.24, 2.45) is 25.9 Å². The molecule has 0 bridgehead atoms. The predicted octanol–water partition coefficient (Wildman–Crippen LogP) is 3.76. The zero-order chi connectivity index (χ0) is 29.7. The number of aromatic nitrogens is 1. The van der Waals surface area contributed by atoms with E-state index in [1.54, 1.807) is 0 Å². The van der Waals surface area contributed by atoms with Crippen LogP contribution in [0, 0.1) is 5.92 Å². The number of carbonyl (C=O) groups is 1. The Bertz CT molecular complexity index is 2240. The van der Waals surface area contributed by atoms with Gasteiger partial charge < -0.3 is 4.98 Å². The van der Waals surface area contributed by atoms with Gasteiger partial charge in [0, 0.05) is 28.0 Å². The Morgan fingerprint density at radius 3 is 2.56 bits per heavy atom. The van der Waals surface area contributed by atoms with E-state index in [2.05, 4.69) is 61.4 Å². The number of fused-ring (bicyclic) bond motifs is 7. The molecule has 1 aromatic heterocycles. The third-order valence-electron chi connectivity index (χ3n) is 8.18. The van der Waals surface area contributed by atoms with Gasteiger partial charge in [-0.25, -0.2) is 15.0 Å². The number of allylic oxidation sites excluding steroid dienone is 2. The molecule has 3 heterocycles. The Balaban J connectivity index is 0.000000253. The highest BCUT2D eigenvalue weighted by molar-refractivity contribution is 7.86. The smallest absolute Gasteiger partial charge is 0.301 e. The molecule has 0 saturated carbocycles. The van der Waals surface area contributed by atoms with E-state index in [0.717, 1.165) is 39.1 Å². The molecule has 2 aliphatic carbocycles. The molecule has 11 heteroatoms. The number of amides is 1. The summed E-state index contributed by atoms with van der Waals surface area (Å²) in [4.78, 5) is 28.5. The summed E-state index contributed by atoms with van der Waals surface area (Å²) in [5.41, 5.74) is 4.43. The van der Waals surface area contributed by atoms with Crippen LogP contribution in [0.15, 0.2) is 80.8 Å². The minimum atomic E-state index is -4.23. The van der Waals surface area contributed by atoms with Gasteiger partial charge >= 0.3 is 5.91 Å². The van der Waals surface area contributed by atoms with Crippen molar-refractivity contribution in [2.45, 2.75) is 24.5 Å². The fraction of sp³-hybridized carbons (Fsp3) is 0.156. The van der Waals surface area contributed by atoms with Crippen molar-refractivity contribution in [3.63, 3.8) is 0 Å². The van der Waals surface area contributed by atoms with E-state index in [-0.39, 0.29) is 24.0 Å². The molecule has 2 unspecified atom stereocenters. The third kappa shape index (κ3) is 5.07. The highest BCUT2D eigenvalue weighted by atomic mass is 35.5. The molecular weight excluding hydrogens is 586 g/mol. The molecule has 3 aromatic carbocycles. The number of amidine groups is 1. The van der Waals surface area contributed by atoms with E-state index in [1.165, 1.54) is 28.8 Å². The molecule has 2 N–H and O–H groups in total. The van der Waals surface area contributed by atoms with Crippen LogP contribution in [0.4, 0.5) is 0 Å². The number of benzene rings is 3. The monoisotopic (exact) mass is 609 g/mol. The summed E-state index contributed by atoms with van der Waals surface area (Å²) in [7, 11) is -4.23. The third-order valence-corrected chi connectivity index (χ3v) is 9.70. The first-order valence-electron chi connectivity index (χ1n) is 13.7. The van der Waals surface area contributed by atoms with Gasteiger partial charge in [-0.3, -0.25) is 9.35 Å². The van der Waals surface area contributed by atoms with Gasteiger partial charge in [-0.2, -0.15) is 13.4 Å². The van der Waals surface area contributed by atoms with E-state index in [9.17, 15) is 17.8 Å². The van der Waals surface area contributed by atoms with Crippen LogP contribution < -0.4 is 10.4 Å². The van der Waals surface area contributed by atoms with Crippen LogP contribution in [0.3, 0.4) is 0 Å². The van der Waals surface area contributed by atoms with E-state index in [1.807, 2.05) is 36.5 Å². The summed E-state index contributed by atoms with van der Waals surface area (Å²) in [5, 5.41) is 5.32. The van der Waals surface area contributed by atoms with Crippen molar-refractivity contribution in [1.82, 2.24) is 4.98 Å². The minimum absolute atomic E-state index is 0.238. The Morgan fingerprint density at radius 2 is 1.74 bits per heavy atom. The summed E-state index contributed by atoms with van der Waals surface area (Å²) in [5.74, 6) is -0.376. The van der Waals surface area contributed by atoms with Gasteiger partial charge in [0.25, 0.3) is 10.1 Å². The van der Waals surface area contributed by atoms with Crippen LogP contribution in [0.25, 0.3) is 33.8 Å². The molecule has 1 amide bonds. The first-order valence-corrected chi connectivity index (χ1v) is 15.5. The number of rotatable bonds is 3. The van der Waals surface area contributed by atoms with Crippen molar-refractivity contribution < 1.29 is 17.8 Å². The minimum Gasteiger partial charge on any atom is -0.361 e. The van der Waals surface area contributed by atoms with E-state index >= 15 is 0 Å². The van der Waals surface area contributed by atoms with Crippen LogP contribution in [-0.4, -0.2) is 53.3 Å². The number of hydrogen-bond acceptors (Lipinski definition) is 6. The quantitative estimate of drug-likeness (QED) is 0.342. The molecular formula is C32H24ClN5O4S. The zero-order valence-electron chi connectivity index (χ0n) is 22.6. The van der Waals surface area contributed by atoms with E-state index in [4.69, 9.17) is 11.6 Å². The number of aliphatic imine (C=N–C) groups is 4. The summed E-state index contributed by atoms with van der Waals surface area (Å²) < 4.78 is 34.9. The van der Waals surface area contributed by atoms with Crippen molar-refractivity contribution in [2.75, 3.05) is 0 Å². The van der Waals surface area contributed by atoms with Gasteiger partial charge in [-0.1, -0.05) is 60.2 Å². The van der Waals surface area contributed by atoms with Crippen molar-refractivity contribution in [1.29, 1.82) is 0 Å². The highest BCUT2D eigenvalue weighted by Gasteiger charge is 2.35. The molecule has 8 rings (SSSR count). The maximum atomic E-state index is 12.4. The number of nitrogens with zero attached hydrogens (tertiary/aromatic N) is 4. The largest absolute Gasteiger partial charge is 0.361 e. The predicted molar refractivity (Wildman–Crippen MR) is 171 cm³/mol. The second-order valence-electron chi connectivity index (χ2n) is 10.7. The average molecular weight is 610 g/mol. The molecule has 0 radical (unpaired) electrons. The number of aromatic amines is 1. The molecule has 0 spiro atoms. The number of nitrogens with one attached hydrogen (secondary N) is 1. The first-order chi connectivity index (χ1) is 20.8. The fourth-order valence-electron chi connectivity index (χ4n) is 6.13. The van der Waals surface area contributed by atoms with Crippen LogP contribution in [-0.2, 0) is 34.2 Å². The van der Waals surface area contributed by atoms with Gasteiger partial charge in [-0.15, -0.1) is 0 Å². The molecule has 9 nitrogen and oxygen atoms in total. The lowest BCUT2D eigenvalue weighted by Crippen LogP contribution is -2.38. The second kappa shape index (κ2) is 10.6. The Labute approximate surface area is 251 Å². The highest BCUT2D eigenvalue weighted by Crippen LogP contribution is 2.30. The molecule has 0 saturated heterocycles. The molecule has 214 valence electrons. The van der Waals surface area contributed by atoms with Crippen LogP contribution in [0.1, 0.15) is 16.7 Å². The standard InChI is InChI=1S/C27H22ClNO3S.C5H2N4O/c28-20-7-10-26-25(14-20)19(15-29-26)11-18-12-24-17(13-27(18)33(30,31)32)6-9-22-21-4-2-1-3-16(21)5-8-23(22)24;10-5-3-4(7-1-6-3)8-2-9-5/h1-2,4-10,12,14-15,18,27,29H,3,11,13H2,(H,30,31,32);1-2H. The van der Waals surface area contributed by atoms with Gasteiger partial charge in [-0.05, 0) is 75.4 Å². The summed E-state index contributed by atoms with van der Waals surface area (Å²) in [6.07, 6.45) is 14.5. The van der Waals surface area contributed by atoms with Gasteiger partial charge in [0.2, 0.25) is 0 Å². The molecule has 4 aromatic rings. The van der Waals surface area contributed by atoms with Crippen molar-refractivity contribution in [3.8, 4) is 0 Å². The lowest BCUT2D eigenvalue weighted by Gasteiger charge is -2.27. The molecule has 4 aliphatic rings. The molecule has 0 fully saturated rings. The van der Waals surface area contributed by atoms with Gasteiger partial charge in [0.05, 0.1) is 5.25 Å². The number of H-pyrrole nitrogens is 1. The second-order valence-corrected chi connectivity index (χ2v) is 12.8. The average Bonchev–Trinajstić information content (AvgIpc) is 3.64. The lowest BCUT2D eigenvalue weighted by molar-refractivity contribution is -0.111. The normalized spacial score (nSPS) is 19.9. The molecule has 2 aliphatic heterocycles. The van der Waals surface area contributed by atoms with Crippen molar-refractivity contribution in [3.05, 3.63) is 93.0 Å². The van der Waals surface area contributed by atoms with Gasteiger partial charge in [0.15, 0.2) is 11.5 Å². The summed E-state index contributed by atoms with van der Waals surface area (Å²) in [6.45, 7) is 0.